The number of piperazine rings is 1. The van der Waals surface area contributed by atoms with Gasteiger partial charge in [0, 0.05) is 50.5 Å². The molecule has 4 aromatic rings. The van der Waals surface area contributed by atoms with Gasteiger partial charge in [-0.25, -0.2) is 19.2 Å². The molecular formula is C29H33ClFN7OS. The van der Waals surface area contributed by atoms with E-state index in [2.05, 4.69) is 49.9 Å². The number of carbonyl (C=O) groups excluding carboxylic acids is 1. The van der Waals surface area contributed by atoms with Crippen molar-refractivity contribution in [3.8, 4) is 10.6 Å². The van der Waals surface area contributed by atoms with Gasteiger partial charge in [-0.2, -0.15) is 0 Å². The maximum atomic E-state index is 13.0. The molecule has 210 valence electrons. The third kappa shape index (κ3) is 7.66. The van der Waals surface area contributed by atoms with E-state index in [1.165, 1.54) is 12.1 Å². The van der Waals surface area contributed by atoms with Crippen LogP contribution >= 0.6 is 22.9 Å². The third-order valence-corrected chi connectivity index (χ3v) is 8.29. The lowest BCUT2D eigenvalue weighted by Gasteiger charge is -2.32. The van der Waals surface area contributed by atoms with Gasteiger partial charge in [0.25, 0.3) is 0 Å². The molecule has 40 heavy (non-hydrogen) atoms. The van der Waals surface area contributed by atoms with E-state index >= 15 is 0 Å². The van der Waals surface area contributed by atoms with Gasteiger partial charge >= 0.3 is 6.03 Å². The Hall–Kier alpha value is -3.31. The molecule has 8 nitrogen and oxygen atoms in total. The van der Waals surface area contributed by atoms with Crippen molar-refractivity contribution >= 4 is 45.0 Å². The Morgan fingerprint density at radius 3 is 2.52 bits per heavy atom. The molecule has 5 rings (SSSR count). The zero-order chi connectivity index (χ0) is 27.9. The first-order chi connectivity index (χ1) is 19.4. The van der Waals surface area contributed by atoms with Crippen molar-refractivity contribution in [3.05, 3.63) is 76.7 Å². The number of hydrogen-bond donors (Lipinski definition) is 3. The summed E-state index contributed by atoms with van der Waals surface area (Å²) in [6, 6.07) is 13.9. The molecular weight excluding hydrogens is 549 g/mol. The highest BCUT2D eigenvalue weighted by atomic mass is 35.5. The number of nitrogens with one attached hydrogen (secondary N) is 3. The molecule has 0 aliphatic carbocycles. The number of urea groups is 1. The minimum atomic E-state index is -0.299. The van der Waals surface area contributed by atoms with Crippen molar-refractivity contribution in [1.82, 2.24) is 30.4 Å². The van der Waals surface area contributed by atoms with Crippen LogP contribution in [-0.2, 0) is 13.1 Å². The van der Waals surface area contributed by atoms with Gasteiger partial charge in [0.05, 0.1) is 16.1 Å². The molecule has 2 amide bonds. The summed E-state index contributed by atoms with van der Waals surface area (Å²) in [4.78, 5) is 27.1. The van der Waals surface area contributed by atoms with Crippen molar-refractivity contribution in [2.24, 2.45) is 0 Å². The maximum Gasteiger partial charge on any atom is 0.315 e. The second-order valence-electron chi connectivity index (χ2n) is 9.96. The zero-order valence-electron chi connectivity index (χ0n) is 22.4. The van der Waals surface area contributed by atoms with Crippen molar-refractivity contribution in [3.63, 3.8) is 0 Å². The molecule has 2 aromatic carbocycles. The Balaban J connectivity index is 1.15. The molecule has 3 heterocycles. The summed E-state index contributed by atoms with van der Waals surface area (Å²) in [7, 11) is 2.17. The average Bonchev–Trinajstić information content (AvgIpc) is 3.39. The van der Waals surface area contributed by atoms with E-state index in [0.717, 1.165) is 71.8 Å². The lowest BCUT2D eigenvalue weighted by atomic mass is 10.1. The van der Waals surface area contributed by atoms with E-state index < -0.39 is 0 Å². The Kier molecular flexibility index (Phi) is 9.43. The third-order valence-electron chi connectivity index (χ3n) is 6.91. The Bertz CT molecular complexity index is 1440. The number of aromatic nitrogens is 2. The van der Waals surface area contributed by atoms with Crippen LogP contribution in [0.4, 0.5) is 15.1 Å². The second kappa shape index (κ2) is 13.4. The summed E-state index contributed by atoms with van der Waals surface area (Å²) in [5, 5.41) is 10.6. The number of halogens is 2. The summed E-state index contributed by atoms with van der Waals surface area (Å²) in [5.41, 5.74) is 2.52. The Morgan fingerprint density at radius 1 is 1.02 bits per heavy atom. The minimum absolute atomic E-state index is 0.285. The molecule has 1 fully saturated rings. The molecule has 0 atom stereocenters. The number of amides is 2. The number of rotatable bonds is 10. The molecule has 0 unspecified atom stereocenters. The summed E-state index contributed by atoms with van der Waals surface area (Å²) in [5.74, 6) is 0.276. The van der Waals surface area contributed by atoms with Crippen molar-refractivity contribution in [2.45, 2.75) is 19.5 Å². The molecule has 0 saturated carbocycles. The minimum Gasteiger partial charge on any atom is -0.354 e. The van der Waals surface area contributed by atoms with Gasteiger partial charge in [-0.15, -0.1) is 11.3 Å². The lowest BCUT2D eigenvalue weighted by molar-refractivity contribution is 0.154. The van der Waals surface area contributed by atoms with E-state index in [1.54, 1.807) is 29.7 Å². The van der Waals surface area contributed by atoms with Crippen LogP contribution in [0.3, 0.4) is 0 Å². The Labute approximate surface area is 242 Å². The monoisotopic (exact) mass is 581 g/mol. The maximum absolute atomic E-state index is 13.0. The number of likely N-dealkylation sites (N-methyl/N-ethyl adjacent to an activating group) is 1. The summed E-state index contributed by atoms with van der Waals surface area (Å²) in [6.45, 7) is 7.05. The normalized spacial score (nSPS) is 14.4. The largest absolute Gasteiger partial charge is 0.354 e. The molecule has 3 N–H and O–H groups in total. The number of carbonyl (C=O) groups is 1. The van der Waals surface area contributed by atoms with Crippen LogP contribution in [-0.4, -0.2) is 72.1 Å². The van der Waals surface area contributed by atoms with Crippen molar-refractivity contribution < 1.29 is 9.18 Å². The SMILES string of the molecule is CN1CCN(CCCNc2ncc(Cl)c(-c3cc4ccc(CNC(=O)NCc5ccc(F)cc5)cc4s3)n2)CC1. The summed E-state index contributed by atoms with van der Waals surface area (Å²) >= 11 is 8.11. The van der Waals surface area contributed by atoms with Crippen LogP contribution in [0, 0.1) is 5.82 Å². The van der Waals surface area contributed by atoms with Gasteiger partial charge in [0.15, 0.2) is 0 Å². The van der Waals surface area contributed by atoms with Crippen LogP contribution in [0.2, 0.25) is 5.02 Å². The highest BCUT2D eigenvalue weighted by molar-refractivity contribution is 7.22. The standard InChI is InChI=1S/C29H33ClFN7OS/c1-37-11-13-38(14-12-37)10-2-9-32-28-33-19-24(30)27(36-28)26-16-22-6-3-21(15-25(22)40-26)18-35-29(39)34-17-20-4-7-23(31)8-5-20/h3-8,15-16,19H,2,9-14,17-18H2,1H3,(H,32,33,36)(H2,34,35,39). The lowest BCUT2D eigenvalue weighted by Crippen LogP contribution is -2.44. The quantitative estimate of drug-likeness (QED) is 0.223. The molecule has 1 aliphatic rings. The van der Waals surface area contributed by atoms with Crippen molar-refractivity contribution in [2.75, 3.05) is 51.6 Å². The molecule has 11 heteroatoms. The van der Waals surface area contributed by atoms with Gasteiger partial charge in [0.2, 0.25) is 5.95 Å². The van der Waals surface area contributed by atoms with Crippen LogP contribution in [0.1, 0.15) is 17.5 Å². The summed E-state index contributed by atoms with van der Waals surface area (Å²) in [6.07, 6.45) is 2.67. The van der Waals surface area contributed by atoms with Crippen LogP contribution in [0.5, 0.6) is 0 Å². The number of thiophene rings is 1. The molecule has 1 aliphatic heterocycles. The van der Waals surface area contributed by atoms with Gasteiger partial charge in [-0.05, 0) is 60.8 Å². The number of nitrogens with zero attached hydrogens (tertiary/aromatic N) is 4. The van der Waals surface area contributed by atoms with E-state index in [-0.39, 0.29) is 11.8 Å². The fourth-order valence-corrected chi connectivity index (χ4v) is 5.91. The highest BCUT2D eigenvalue weighted by Crippen LogP contribution is 2.36. The predicted octanol–water partition coefficient (Wildman–Crippen LogP) is 5.20. The van der Waals surface area contributed by atoms with E-state index in [9.17, 15) is 9.18 Å². The molecule has 0 bridgehead atoms. The van der Waals surface area contributed by atoms with Gasteiger partial charge < -0.3 is 25.8 Å². The number of fused-ring (bicyclic) bond motifs is 1. The first-order valence-corrected chi connectivity index (χ1v) is 14.6. The molecule has 2 aromatic heterocycles. The van der Waals surface area contributed by atoms with Crippen molar-refractivity contribution in [1.29, 1.82) is 0 Å². The molecule has 1 saturated heterocycles. The molecule has 0 spiro atoms. The van der Waals surface area contributed by atoms with E-state index in [0.29, 0.717) is 29.8 Å². The van der Waals surface area contributed by atoms with E-state index in [4.69, 9.17) is 16.6 Å². The molecule has 0 radical (unpaired) electrons. The second-order valence-corrected chi connectivity index (χ2v) is 11.5. The zero-order valence-corrected chi connectivity index (χ0v) is 24.0. The number of hydrogen-bond acceptors (Lipinski definition) is 7. The van der Waals surface area contributed by atoms with Gasteiger partial charge in [-0.1, -0.05) is 35.9 Å². The highest BCUT2D eigenvalue weighted by Gasteiger charge is 2.14. The predicted molar refractivity (Wildman–Crippen MR) is 160 cm³/mol. The van der Waals surface area contributed by atoms with Crippen LogP contribution in [0.25, 0.3) is 20.7 Å². The topological polar surface area (TPSA) is 85.4 Å². The van der Waals surface area contributed by atoms with E-state index in [1.807, 2.05) is 12.1 Å². The fourth-order valence-electron chi connectivity index (χ4n) is 4.53. The van der Waals surface area contributed by atoms with Gasteiger partial charge in [0.1, 0.15) is 11.5 Å². The van der Waals surface area contributed by atoms with Gasteiger partial charge in [-0.3, -0.25) is 0 Å². The smallest absolute Gasteiger partial charge is 0.315 e. The number of benzene rings is 2. The fraction of sp³-hybridized carbons (Fsp3) is 0.345. The first kappa shape index (κ1) is 28.2. The van der Waals surface area contributed by atoms with Crippen LogP contribution < -0.4 is 16.0 Å². The Morgan fingerprint density at radius 2 is 1.75 bits per heavy atom. The number of anilines is 1. The summed E-state index contributed by atoms with van der Waals surface area (Å²) < 4.78 is 14.1. The van der Waals surface area contributed by atoms with Crippen LogP contribution in [0.15, 0.2) is 54.7 Å². The first-order valence-electron chi connectivity index (χ1n) is 13.4. The average molecular weight is 582 g/mol.